The molecule has 1 heterocycles. The summed E-state index contributed by atoms with van der Waals surface area (Å²) in [5.74, 6) is 1.04. The zero-order valence-corrected chi connectivity index (χ0v) is 9.65. The molecule has 0 aromatic carbocycles. The number of carbonyl (C=O) groups is 1. The summed E-state index contributed by atoms with van der Waals surface area (Å²) in [5.41, 5.74) is 0. The van der Waals surface area contributed by atoms with Crippen LogP contribution < -0.4 is 5.32 Å². The molecule has 6 nitrogen and oxygen atoms in total. The number of carbonyl (C=O) groups excluding carboxylic acids is 1. The lowest BCUT2D eigenvalue weighted by molar-refractivity contribution is -0.142. The number of rotatable bonds is 7. The maximum atomic E-state index is 11.0. The predicted molar refractivity (Wildman–Crippen MR) is 56.6 cm³/mol. The van der Waals surface area contributed by atoms with Gasteiger partial charge in [-0.1, -0.05) is 12.1 Å². The highest BCUT2D eigenvalue weighted by Gasteiger charge is 2.04. The molecule has 0 bridgehead atoms. The van der Waals surface area contributed by atoms with Crippen LogP contribution in [0.3, 0.4) is 0 Å². The average molecular weight is 227 g/mol. The van der Waals surface area contributed by atoms with E-state index in [9.17, 15) is 4.79 Å². The SMILES string of the molecule is CCOC(=O)CCNCc1nc(CC)no1. The monoisotopic (exact) mass is 227 g/mol. The number of hydrogen-bond acceptors (Lipinski definition) is 6. The van der Waals surface area contributed by atoms with Crippen LogP contribution in [-0.4, -0.2) is 29.3 Å². The first-order valence-electron chi connectivity index (χ1n) is 5.44. The molecule has 90 valence electrons. The van der Waals surface area contributed by atoms with Crippen LogP contribution in [0.25, 0.3) is 0 Å². The number of nitrogens with one attached hydrogen (secondary N) is 1. The summed E-state index contributed by atoms with van der Waals surface area (Å²) >= 11 is 0. The van der Waals surface area contributed by atoms with E-state index in [1.807, 2.05) is 6.92 Å². The summed E-state index contributed by atoms with van der Waals surface area (Å²) < 4.78 is 9.76. The van der Waals surface area contributed by atoms with Crippen LogP contribution >= 0.6 is 0 Å². The topological polar surface area (TPSA) is 77.2 Å². The smallest absolute Gasteiger partial charge is 0.307 e. The third-order valence-corrected chi connectivity index (χ3v) is 1.91. The van der Waals surface area contributed by atoms with E-state index >= 15 is 0 Å². The molecule has 0 aliphatic carbocycles. The maximum Gasteiger partial charge on any atom is 0.307 e. The molecule has 16 heavy (non-hydrogen) atoms. The van der Waals surface area contributed by atoms with E-state index in [1.54, 1.807) is 6.92 Å². The number of ether oxygens (including phenoxy) is 1. The zero-order chi connectivity index (χ0) is 11.8. The number of aromatic nitrogens is 2. The predicted octanol–water partition coefficient (Wildman–Crippen LogP) is 0.675. The molecule has 0 atom stereocenters. The Bertz CT molecular complexity index is 325. The van der Waals surface area contributed by atoms with Gasteiger partial charge in [-0.15, -0.1) is 0 Å². The normalized spacial score (nSPS) is 10.4. The number of aryl methyl sites for hydroxylation is 1. The fourth-order valence-electron chi connectivity index (χ4n) is 1.12. The Morgan fingerprint density at radius 1 is 1.50 bits per heavy atom. The molecule has 0 aliphatic rings. The zero-order valence-electron chi connectivity index (χ0n) is 9.65. The summed E-state index contributed by atoms with van der Waals surface area (Å²) in [6.07, 6.45) is 1.11. The first kappa shape index (κ1) is 12.6. The first-order chi connectivity index (χ1) is 7.76. The Morgan fingerprint density at radius 3 is 2.94 bits per heavy atom. The molecular formula is C10H17N3O3. The first-order valence-corrected chi connectivity index (χ1v) is 5.44. The lowest BCUT2D eigenvalue weighted by Crippen LogP contribution is -2.19. The molecule has 0 amide bonds. The van der Waals surface area contributed by atoms with Crippen LogP contribution in [0.2, 0.25) is 0 Å². The Balaban J connectivity index is 2.13. The standard InChI is InChI=1S/C10H17N3O3/c1-3-8-12-9(16-13-8)7-11-6-5-10(14)15-4-2/h11H,3-7H2,1-2H3. The van der Waals surface area contributed by atoms with Crippen LogP contribution in [-0.2, 0) is 22.5 Å². The van der Waals surface area contributed by atoms with Crippen molar-refractivity contribution in [1.29, 1.82) is 0 Å². The van der Waals surface area contributed by atoms with E-state index in [1.165, 1.54) is 0 Å². The van der Waals surface area contributed by atoms with Crippen LogP contribution in [0.4, 0.5) is 0 Å². The van der Waals surface area contributed by atoms with Crippen molar-refractivity contribution in [2.75, 3.05) is 13.2 Å². The lowest BCUT2D eigenvalue weighted by atomic mass is 10.4. The van der Waals surface area contributed by atoms with E-state index in [2.05, 4.69) is 15.5 Å². The summed E-state index contributed by atoms with van der Waals surface area (Å²) in [5, 5.41) is 6.79. The van der Waals surface area contributed by atoms with Crippen molar-refractivity contribution in [3.05, 3.63) is 11.7 Å². The Morgan fingerprint density at radius 2 is 2.31 bits per heavy atom. The van der Waals surface area contributed by atoms with Gasteiger partial charge in [-0.25, -0.2) is 0 Å². The van der Waals surface area contributed by atoms with Gasteiger partial charge in [-0.2, -0.15) is 4.98 Å². The van der Waals surface area contributed by atoms with Crippen LogP contribution in [0.5, 0.6) is 0 Å². The Kier molecular flexibility index (Phi) is 5.49. The van der Waals surface area contributed by atoms with Gasteiger partial charge in [0.15, 0.2) is 5.82 Å². The van der Waals surface area contributed by atoms with Crippen molar-refractivity contribution in [2.24, 2.45) is 0 Å². The van der Waals surface area contributed by atoms with Gasteiger partial charge in [-0.3, -0.25) is 4.79 Å². The van der Waals surface area contributed by atoms with Crippen molar-refractivity contribution in [1.82, 2.24) is 15.5 Å². The number of nitrogens with zero attached hydrogens (tertiary/aromatic N) is 2. The second-order valence-corrected chi connectivity index (χ2v) is 3.19. The minimum atomic E-state index is -0.199. The van der Waals surface area contributed by atoms with Crippen molar-refractivity contribution >= 4 is 5.97 Å². The molecule has 1 aromatic rings. The third-order valence-electron chi connectivity index (χ3n) is 1.91. The fraction of sp³-hybridized carbons (Fsp3) is 0.700. The Labute approximate surface area is 94.4 Å². The molecule has 0 saturated heterocycles. The van der Waals surface area contributed by atoms with E-state index < -0.39 is 0 Å². The van der Waals surface area contributed by atoms with Gasteiger partial charge in [0.05, 0.1) is 19.6 Å². The average Bonchev–Trinajstić information content (AvgIpc) is 2.73. The van der Waals surface area contributed by atoms with Crippen molar-refractivity contribution in [2.45, 2.75) is 33.2 Å². The highest BCUT2D eigenvalue weighted by atomic mass is 16.5. The van der Waals surface area contributed by atoms with E-state index in [4.69, 9.17) is 9.26 Å². The largest absolute Gasteiger partial charge is 0.466 e. The summed E-state index contributed by atoms with van der Waals surface area (Å²) in [6, 6.07) is 0. The molecule has 1 rings (SSSR count). The van der Waals surface area contributed by atoms with Gasteiger partial charge in [-0.05, 0) is 6.92 Å². The van der Waals surface area contributed by atoms with Gasteiger partial charge < -0.3 is 14.6 Å². The van der Waals surface area contributed by atoms with Crippen molar-refractivity contribution in [3.63, 3.8) is 0 Å². The van der Waals surface area contributed by atoms with Gasteiger partial charge >= 0.3 is 5.97 Å². The molecule has 0 fully saturated rings. The Hall–Kier alpha value is -1.43. The molecule has 0 unspecified atom stereocenters. The van der Waals surface area contributed by atoms with E-state index in [-0.39, 0.29) is 5.97 Å². The second kappa shape index (κ2) is 6.95. The van der Waals surface area contributed by atoms with Crippen molar-refractivity contribution < 1.29 is 14.1 Å². The molecule has 6 heteroatoms. The summed E-state index contributed by atoms with van der Waals surface area (Å²) in [4.78, 5) is 15.1. The molecule has 1 N–H and O–H groups in total. The maximum absolute atomic E-state index is 11.0. The minimum absolute atomic E-state index is 0.199. The van der Waals surface area contributed by atoms with Gasteiger partial charge in [0.1, 0.15) is 0 Å². The molecule has 0 radical (unpaired) electrons. The molecule has 0 saturated carbocycles. The summed E-state index contributed by atoms with van der Waals surface area (Å²) in [6.45, 7) is 5.19. The fourth-order valence-corrected chi connectivity index (χ4v) is 1.12. The lowest BCUT2D eigenvalue weighted by Gasteiger charge is -2.01. The number of hydrogen-bond donors (Lipinski definition) is 1. The van der Waals surface area contributed by atoms with Crippen LogP contribution in [0.1, 0.15) is 32.0 Å². The highest BCUT2D eigenvalue weighted by Crippen LogP contribution is 1.97. The quantitative estimate of drug-likeness (QED) is 0.545. The molecule has 0 spiro atoms. The van der Waals surface area contributed by atoms with E-state index in [0.717, 1.165) is 6.42 Å². The number of esters is 1. The van der Waals surface area contributed by atoms with Gasteiger partial charge in [0.2, 0.25) is 5.89 Å². The van der Waals surface area contributed by atoms with Gasteiger partial charge in [0.25, 0.3) is 0 Å². The highest BCUT2D eigenvalue weighted by molar-refractivity contribution is 5.69. The van der Waals surface area contributed by atoms with Crippen LogP contribution in [0, 0.1) is 0 Å². The molecule has 0 aliphatic heterocycles. The second-order valence-electron chi connectivity index (χ2n) is 3.19. The summed E-state index contributed by atoms with van der Waals surface area (Å²) in [7, 11) is 0. The third kappa shape index (κ3) is 4.39. The molecule has 1 aromatic heterocycles. The van der Waals surface area contributed by atoms with E-state index in [0.29, 0.717) is 37.8 Å². The van der Waals surface area contributed by atoms with Gasteiger partial charge in [0, 0.05) is 13.0 Å². The van der Waals surface area contributed by atoms with Crippen molar-refractivity contribution in [3.8, 4) is 0 Å². The minimum Gasteiger partial charge on any atom is -0.466 e. The van der Waals surface area contributed by atoms with Crippen LogP contribution in [0.15, 0.2) is 4.52 Å². The molecular weight excluding hydrogens is 210 g/mol.